The highest BCUT2D eigenvalue weighted by Gasteiger charge is 2.23. The van der Waals surface area contributed by atoms with Gasteiger partial charge in [-0.25, -0.2) is 0 Å². The number of nitrogens with zero attached hydrogens (tertiary/aromatic N) is 1. The fourth-order valence-corrected chi connectivity index (χ4v) is 6.18. The lowest BCUT2D eigenvalue weighted by Gasteiger charge is -2.25. The molecule has 1 aliphatic rings. The molecule has 0 saturated heterocycles. The van der Waals surface area contributed by atoms with Crippen LogP contribution in [0.3, 0.4) is 0 Å². The molecule has 1 heteroatoms. The summed E-state index contributed by atoms with van der Waals surface area (Å²) >= 11 is 0. The van der Waals surface area contributed by atoms with Gasteiger partial charge < -0.3 is 4.90 Å². The molecule has 0 radical (unpaired) electrons. The standard InChI is InChI=1S/C38H25N/c1-3-12-29(13-4-1)39(30-14-5-2-6-15-30)31-20-18-26(19-21-31)32-22-23-35-37-25-28-11-8-7-10-27(28)24-36(37)34-17-9-16-33(32)38(34)35/h1-25H. The number of benzene rings is 7. The van der Waals surface area contributed by atoms with Gasteiger partial charge in [0.05, 0.1) is 0 Å². The van der Waals surface area contributed by atoms with Crippen molar-refractivity contribution in [3.63, 3.8) is 0 Å². The van der Waals surface area contributed by atoms with Crippen molar-refractivity contribution >= 4 is 38.6 Å². The van der Waals surface area contributed by atoms with E-state index in [0.717, 1.165) is 17.1 Å². The molecule has 0 N–H and O–H groups in total. The van der Waals surface area contributed by atoms with E-state index < -0.39 is 0 Å². The van der Waals surface area contributed by atoms with E-state index in [1.807, 2.05) is 0 Å². The summed E-state index contributed by atoms with van der Waals surface area (Å²) in [7, 11) is 0. The fourth-order valence-electron chi connectivity index (χ4n) is 6.18. The van der Waals surface area contributed by atoms with Crippen LogP contribution in [0.1, 0.15) is 0 Å². The van der Waals surface area contributed by atoms with Crippen molar-refractivity contribution < 1.29 is 0 Å². The largest absolute Gasteiger partial charge is 0.311 e. The van der Waals surface area contributed by atoms with E-state index in [2.05, 4.69) is 157 Å². The van der Waals surface area contributed by atoms with Gasteiger partial charge in [-0.3, -0.25) is 0 Å². The summed E-state index contributed by atoms with van der Waals surface area (Å²) < 4.78 is 0. The Labute approximate surface area is 228 Å². The van der Waals surface area contributed by atoms with E-state index in [9.17, 15) is 0 Å². The fraction of sp³-hybridized carbons (Fsp3) is 0. The van der Waals surface area contributed by atoms with Crippen LogP contribution in [0.5, 0.6) is 0 Å². The molecule has 0 saturated carbocycles. The van der Waals surface area contributed by atoms with Crippen LogP contribution in [0.4, 0.5) is 17.1 Å². The Hall–Kier alpha value is -5.14. The minimum Gasteiger partial charge on any atom is -0.311 e. The first-order valence-electron chi connectivity index (χ1n) is 13.5. The van der Waals surface area contributed by atoms with Crippen LogP contribution in [0.15, 0.2) is 152 Å². The molecule has 39 heavy (non-hydrogen) atoms. The van der Waals surface area contributed by atoms with Crippen LogP contribution >= 0.6 is 0 Å². The smallest absolute Gasteiger partial charge is 0.0462 e. The van der Waals surface area contributed by atoms with Crippen molar-refractivity contribution in [3.05, 3.63) is 152 Å². The van der Waals surface area contributed by atoms with Crippen molar-refractivity contribution in [1.29, 1.82) is 0 Å². The van der Waals surface area contributed by atoms with Crippen molar-refractivity contribution in [2.45, 2.75) is 0 Å². The first-order chi connectivity index (χ1) is 19.3. The van der Waals surface area contributed by atoms with Crippen molar-refractivity contribution in [1.82, 2.24) is 0 Å². The third kappa shape index (κ3) is 3.48. The molecule has 182 valence electrons. The molecule has 0 aliphatic heterocycles. The number of para-hydroxylation sites is 2. The molecule has 0 atom stereocenters. The second-order valence-electron chi connectivity index (χ2n) is 10.2. The summed E-state index contributed by atoms with van der Waals surface area (Å²) in [6.45, 7) is 0. The Morgan fingerprint density at radius 2 is 0.846 bits per heavy atom. The molecule has 0 unspecified atom stereocenters. The molecular formula is C38H25N. The zero-order valence-corrected chi connectivity index (χ0v) is 21.4. The molecule has 8 rings (SSSR count). The highest BCUT2D eigenvalue weighted by Crippen LogP contribution is 2.50. The van der Waals surface area contributed by atoms with Gasteiger partial charge in [-0.1, -0.05) is 103 Å². The molecule has 0 bridgehead atoms. The molecule has 7 aromatic rings. The molecule has 7 aromatic carbocycles. The van der Waals surface area contributed by atoms with Crippen molar-refractivity contribution in [2.75, 3.05) is 4.90 Å². The Morgan fingerprint density at radius 3 is 1.46 bits per heavy atom. The van der Waals surface area contributed by atoms with Gasteiger partial charge in [-0.05, 0) is 103 Å². The minimum atomic E-state index is 1.14. The maximum absolute atomic E-state index is 2.36. The Balaban J connectivity index is 1.25. The number of anilines is 3. The van der Waals surface area contributed by atoms with E-state index in [4.69, 9.17) is 0 Å². The van der Waals surface area contributed by atoms with Crippen LogP contribution in [0, 0.1) is 0 Å². The summed E-state index contributed by atoms with van der Waals surface area (Å²) in [6.07, 6.45) is 0. The predicted octanol–water partition coefficient (Wildman–Crippen LogP) is 10.8. The van der Waals surface area contributed by atoms with Crippen LogP contribution in [-0.2, 0) is 0 Å². The molecule has 0 aromatic heterocycles. The quantitative estimate of drug-likeness (QED) is 0.235. The highest BCUT2D eigenvalue weighted by molar-refractivity contribution is 6.20. The maximum atomic E-state index is 2.36. The lowest BCUT2D eigenvalue weighted by Crippen LogP contribution is -2.09. The Morgan fingerprint density at radius 1 is 0.333 bits per heavy atom. The van der Waals surface area contributed by atoms with Crippen LogP contribution < -0.4 is 4.90 Å². The van der Waals surface area contributed by atoms with Gasteiger partial charge in [-0.2, -0.15) is 0 Å². The summed E-state index contributed by atoms with van der Waals surface area (Å²) in [6, 6.07) is 54.8. The van der Waals surface area contributed by atoms with Gasteiger partial charge in [-0.15, -0.1) is 0 Å². The van der Waals surface area contributed by atoms with Crippen LogP contribution in [0.2, 0.25) is 0 Å². The molecule has 1 nitrogen and oxygen atoms in total. The molecule has 0 amide bonds. The third-order valence-electron chi connectivity index (χ3n) is 7.97. The molecule has 0 spiro atoms. The second kappa shape index (κ2) is 8.72. The maximum Gasteiger partial charge on any atom is 0.0462 e. The summed E-state index contributed by atoms with van der Waals surface area (Å²) in [5.41, 5.74) is 11.3. The zero-order chi connectivity index (χ0) is 25.8. The Bertz CT molecular complexity index is 1900. The number of rotatable bonds is 4. The predicted molar refractivity (Wildman–Crippen MR) is 166 cm³/mol. The summed E-state index contributed by atoms with van der Waals surface area (Å²) in [5, 5.41) is 5.25. The van der Waals surface area contributed by atoms with Crippen molar-refractivity contribution in [3.8, 4) is 33.4 Å². The van der Waals surface area contributed by atoms with Crippen LogP contribution in [-0.4, -0.2) is 0 Å². The third-order valence-corrected chi connectivity index (χ3v) is 7.97. The SMILES string of the molecule is c1ccc(N(c2ccccc2)c2ccc(-c3ccc4c5c(cccc35)-c3cc5ccccc5cc3-4)cc2)cc1. The first-order valence-corrected chi connectivity index (χ1v) is 13.5. The lowest BCUT2D eigenvalue weighted by atomic mass is 9.94. The summed E-state index contributed by atoms with van der Waals surface area (Å²) in [5.74, 6) is 0. The summed E-state index contributed by atoms with van der Waals surface area (Å²) in [4.78, 5) is 2.30. The minimum absolute atomic E-state index is 1.14. The van der Waals surface area contributed by atoms with Gasteiger partial charge in [0, 0.05) is 17.1 Å². The van der Waals surface area contributed by atoms with E-state index >= 15 is 0 Å². The van der Waals surface area contributed by atoms with Gasteiger partial charge in [0.25, 0.3) is 0 Å². The highest BCUT2D eigenvalue weighted by atomic mass is 15.1. The lowest BCUT2D eigenvalue weighted by molar-refractivity contribution is 1.28. The van der Waals surface area contributed by atoms with Gasteiger partial charge in [0.15, 0.2) is 0 Å². The van der Waals surface area contributed by atoms with E-state index in [1.54, 1.807) is 0 Å². The zero-order valence-electron chi connectivity index (χ0n) is 21.4. The average molecular weight is 496 g/mol. The number of fused-ring (bicyclic) bond motifs is 4. The Kier molecular flexibility index (Phi) is 4.89. The first kappa shape index (κ1) is 21.9. The normalized spacial score (nSPS) is 11.6. The second-order valence-corrected chi connectivity index (χ2v) is 10.2. The average Bonchev–Trinajstić information content (AvgIpc) is 3.32. The van der Waals surface area contributed by atoms with E-state index in [1.165, 1.54) is 54.9 Å². The van der Waals surface area contributed by atoms with Gasteiger partial charge >= 0.3 is 0 Å². The molecule has 0 heterocycles. The van der Waals surface area contributed by atoms with E-state index in [-0.39, 0.29) is 0 Å². The van der Waals surface area contributed by atoms with E-state index in [0.29, 0.717) is 0 Å². The number of hydrogen-bond acceptors (Lipinski definition) is 1. The van der Waals surface area contributed by atoms with Gasteiger partial charge in [0.1, 0.15) is 0 Å². The van der Waals surface area contributed by atoms with Gasteiger partial charge in [0.2, 0.25) is 0 Å². The topological polar surface area (TPSA) is 3.24 Å². The van der Waals surface area contributed by atoms with Crippen molar-refractivity contribution in [2.24, 2.45) is 0 Å². The van der Waals surface area contributed by atoms with Crippen LogP contribution in [0.25, 0.3) is 54.9 Å². The molecule has 0 fully saturated rings. The monoisotopic (exact) mass is 495 g/mol. The number of hydrogen-bond donors (Lipinski definition) is 0. The molecule has 1 aliphatic carbocycles. The molecular weight excluding hydrogens is 470 g/mol.